The molecule has 0 unspecified atom stereocenters. The second kappa shape index (κ2) is 11.7. The van der Waals surface area contributed by atoms with Crippen molar-refractivity contribution < 1.29 is 15.0 Å². The fraction of sp³-hybridized carbons (Fsp3) is 0.483. The number of halogens is 1. The van der Waals surface area contributed by atoms with Crippen molar-refractivity contribution in [3.05, 3.63) is 81.5 Å². The number of benzene rings is 1. The van der Waals surface area contributed by atoms with E-state index in [2.05, 4.69) is 73.7 Å². The van der Waals surface area contributed by atoms with Gasteiger partial charge in [0.15, 0.2) is 0 Å². The predicted molar refractivity (Wildman–Crippen MR) is 144 cm³/mol. The smallest absolute Gasteiger partial charge is 0.328 e. The highest BCUT2D eigenvalue weighted by molar-refractivity contribution is 14.1. The Morgan fingerprint density at radius 1 is 1.12 bits per heavy atom. The molecule has 2 aliphatic rings. The summed E-state index contributed by atoms with van der Waals surface area (Å²) in [4.78, 5) is 10.5. The minimum Gasteiger partial charge on any atom is -0.478 e. The minimum atomic E-state index is -0.936. The lowest BCUT2D eigenvalue weighted by Crippen LogP contribution is -2.52. The van der Waals surface area contributed by atoms with Crippen molar-refractivity contribution in [3.63, 3.8) is 0 Å². The normalized spacial score (nSPS) is 33.1. The Morgan fingerprint density at radius 2 is 1.79 bits per heavy atom. The Bertz CT molecular complexity index is 927. The first kappa shape index (κ1) is 26.0. The van der Waals surface area contributed by atoms with Gasteiger partial charge >= 0.3 is 5.97 Å². The number of allylic oxidation sites excluding steroid dienone is 7. The zero-order chi connectivity index (χ0) is 24.0. The molecule has 0 heterocycles. The fourth-order valence-electron chi connectivity index (χ4n) is 6.07. The van der Waals surface area contributed by atoms with Gasteiger partial charge in [-0.15, -0.1) is 0 Å². The van der Waals surface area contributed by atoms with Gasteiger partial charge in [-0.25, -0.2) is 4.79 Å². The molecule has 0 bridgehead atoms. The number of aliphatic hydroxyl groups is 1. The van der Waals surface area contributed by atoms with Gasteiger partial charge in [0, 0.05) is 9.65 Å². The maximum atomic E-state index is 11.1. The lowest BCUT2D eigenvalue weighted by atomic mass is 9.49. The monoisotopic (exact) mass is 560 g/mol. The molecule has 4 heteroatoms. The number of hydrogen-bond donors (Lipinski definition) is 2. The molecule has 3 nitrogen and oxygen atoms in total. The molecular weight excluding hydrogens is 523 g/mol. The van der Waals surface area contributed by atoms with Crippen molar-refractivity contribution >= 4 is 28.6 Å². The van der Waals surface area contributed by atoms with Gasteiger partial charge in [0.2, 0.25) is 0 Å². The number of hydrogen-bond acceptors (Lipinski definition) is 2. The molecule has 0 spiro atoms. The van der Waals surface area contributed by atoms with Gasteiger partial charge in [0.25, 0.3) is 0 Å². The summed E-state index contributed by atoms with van der Waals surface area (Å²) in [5.41, 5.74) is 3.00. The summed E-state index contributed by atoms with van der Waals surface area (Å²) in [6, 6.07) is 8.79. The molecule has 6 atom stereocenters. The van der Waals surface area contributed by atoms with Gasteiger partial charge in [-0.2, -0.15) is 0 Å². The first-order valence-electron chi connectivity index (χ1n) is 12.0. The van der Waals surface area contributed by atoms with Crippen molar-refractivity contribution in [1.29, 1.82) is 0 Å². The highest BCUT2D eigenvalue weighted by atomic mass is 127. The van der Waals surface area contributed by atoms with Gasteiger partial charge < -0.3 is 10.2 Å². The van der Waals surface area contributed by atoms with Crippen LogP contribution >= 0.6 is 22.6 Å². The van der Waals surface area contributed by atoms with E-state index in [1.54, 1.807) is 6.08 Å². The van der Waals surface area contributed by atoms with E-state index in [-0.39, 0.29) is 11.5 Å². The summed E-state index contributed by atoms with van der Waals surface area (Å²) < 4.78 is 1.25. The number of fused-ring (bicyclic) bond motifs is 1. The number of aliphatic carboxylic acids is 1. The Balaban J connectivity index is 1.68. The second-order valence-corrected chi connectivity index (χ2v) is 11.4. The summed E-state index contributed by atoms with van der Waals surface area (Å²) in [6.45, 7) is 7.05. The maximum Gasteiger partial charge on any atom is 0.328 e. The van der Waals surface area contributed by atoms with Crippen LogP contribution in [0, 0.1) is 32.7 Å². The van der Waals surface area contributed by atoms with E-state index in [0.717, 1.165) is 18.9 Å². The quantitative estimate of drug-likeness (QED) is 0.215. The van der Waals surface area contributed by atoms with Crippen LogP contribution < -0.4 is 0 Å². The Morgan fingerprint density at radius 3 is 2.48 bits per heavy atom. The highest BCUT2D eigenvalue weighted by Gasteiger charge is 2.52. The van der Waals surface area contributed by atoms with Gasteiger partial charge in [0.1, 0.15) is 0 Å². The van der Waals surface area contributed by atoms with E-state index in [0.29, 0.717) is 23.7 Å². The van der Waals surface area contributed by atoms with Crippen molar-refractivity contribution in [1.82, 2.24) is 0 Å². The van der Waals surface area contributed by atoms with E-state index >= 15 is 0 Å². The van der Waals surface area contributed by atoms with Gasteiger partial charge in [-0.3, -0.25) is 0 Å². The minimum absolute atomic E-state index is 0.213. The molecule has 0 radical (unpaired) electrons. The largest absolute Gasteiger partial charge is 0.478 e. The SMILES string of the molecule is C\C(=C/C=C/C=C/C=C/C(=O)O)[C@@H]1CC[C@H]2[C@H](Cc3ccc(I)cc3)[C@H](O)C[C@@H](C)[C@]2(C)C1. The fourth-order valence-corrected chi connectivity index (χ4v) is 6.43. The number of rotatable bonds is 7. The Labute approximate surface area is 212 Å². The van der Waals surface area contributed by atoms with E-state index < -0.39 is 5.97 Å². The summed E-state index contributed by atoms with van der Waals surface area (Å²) in [6.07, 6.45) is 17.6. The lowest BCUT2D eigenvalue weighted by Gasteiger charge is -2.56. The molecule has 0 saturated heterocycles. The first-order valence-corrected chi connectivity index (χ1v) is 13.1. The standard InChI is InChI=1S/C29H37IO3/c1-20(9-7-5-4-6-8-10-28(32)33)23-13-16-26-25(18-22-11-14-24(30)15-12-22)27(31)17-21(2)29(26,3)19-23/h4-12,14-15,21,23,25-27,31H,13,16-19H2,1-3H3,(H,32,33)/b6-4+,7-5+,10-8+,20-9+/t21-,23-,25+,26+,27-,29+/m1/s1. The third-order valence-electron chi connectivity index (χ3n) is 8.16. The summed E-state index contributed by atoms with van der Waals surface area (Å²) in [7, 11) is 0. The van der Waals surface area contributed by atoms with Crippen LogP contribution in [0.25, 0.3) is 0 Å². The van der Waals surface area contributed by atoms with E-state index in [1.165, 1.54) is 40.0 Å². The zero-order valence-electron chi connectivity index (χ0n) is 20.0. The van der Waals surface area contributed by atoms with Crippen molar-refractivity contribution in [2.24, 2.45) is 29.1 Å². The number of carboxylic acid groups (broad SMARTS) is 1. The topological polar surface area (TPSA) is 57.5 Å². The molecule has 2 saturated carbocycles. The Kier molecular flexibility index (Phi) is 9.17. The van der Waals surface area contributed by atoms with Crippen molar-refractivity contribution in [2.45, 2.75) is 59.0 Å². The van der Waals surface area contributed by atoms with Crippen LogP contribution in [0.15, 0.2) is 72.4 Å². The molecule has 3 rings (SSSR count). The predicted octanol–water partition coefficient (Wildman–Crippen LogP) is 6.97. The second-order valence-electron chi connectivity index (χ2n) is 10.2. The summed E-state index contributed by atoms with van der Waals surface area (Å²) in [5, 5.41) is 19.7. The van der Waals surface area contributed by atoms with Crippen LogP contribution in [-0.2, 0) is 11.2 Å². The molecule has 0 aliphatic heterocycles. The van der Waals surface area contributed by atoms with Crippen molar-refractivity contribution in [2.75, 3.05) is 0 Å². The number of aliphatic hydroxyl groups excluding tert-OH is 1. The number of carbonyl (C=O) groups is 1. The first-order chi connectivity index (χ1) is 15.7. The molecule has 1 aromatic carbocycles. The van der Waals surface area contributed by atoms with Gasteiger partial charge in [0.05, 0.1) is 6.10 Å². The molecule has 178 valence electrons. The Hall–Kier alpha value is -1.66. The van der Waals surface area contributed by atoms with Crippen LogP contribution in [0.4, 0.5) is 0 Å². The number of carboxylic acids is 1. The third kappa shape index (κ3) is 6.69. The molecule has 33 heavy (non-hydrogen) atoms. The molecule has 2 N–H and O–H groups in total. The zero-order valence-corrected chi connectivity index (χ0v) is 22.1. The van der Waals surface area contributed by atoms with Crippen LogP contribution in [0.5, 0.6) is 0 Å². The molecular formula is C29H37IO3. The lowest BCUT2D eigenvalue weighted by molar-refractivity contribution is -0.131. The molecule has 2 aliphatic carbocycles. The summed E-state index contributed by atoms with van der Waals surface area (Å²) in [5.74, 6) is 1.04. The molecule has 1 aromatic rings. The average Bonchev–Trinajstić information content (AvgIpc) is 2.77. The third-order valence-corrected chi connectivity index (χ3v) is 8.88. The van der Waals surface area contributed by atoms with Crippen molar-refractivity contribution in [3.8, 4) is 0 Å². The average molecular weight is 561 g/mol. The summed E-state index contributed by atoms with van der Waals surface area (Å²) >= 11 is 2.35. The van der Waals surface area contributed by atoms with Gasteiger partial charge in [-0.1, -0.05) is 68.0 Å². The van der Waals surface area contributed by atoms with Crippen LogP contribution in [-0.4, -0.2) is 22.3 Å². The molecule has 0 aromatic heterocycles. The van der Waals surface area contributed by atoms with E-state index in [1.807, 2.05) is 18.2 Å². The van der Waals surface area contributed by atoms with Crippen LogP contribution in [0.2, 0.25) is 0 Å². The van der Waals surface area contributed by atoms with Crippen LogP contribution in [0.3, 0.4) is 0 Å². The van der Waals surface area contributed by atoms with E-state index in [9.17, 15) is 9.90 Å². The van der Waals surface area contributed by atoms with Gasteiger partial charge in [-0.05, 0) is 108 Å². The maximum absolute atomic E-state index is 11.1. The molecule has 2 fully saturated rings. The molecule has 0 amide bonds. The highest BCUT2D eigenvalue weighted by Crippen LogP contribution is 2.58. The van der Waals surface area contributed by atoms with Crippen LogP contribution in [0.1, 0.15) is 52.0 Å². The van der Waals surface area contributed by atoms with E-state index in [4.69, 9.17) is 5.11 Å².